The van der Waals surface area contributed by atoms with Crippen molar-refractivity contribution in [1.82, 2.24) is 10.5 Å². The summed E-state index contributed by atoms with van der Waals surface area (Å²) in [5.74, 6) is 0.115. The highest BCUT2D eigenvalue weighted by atomic mass is 16.5. The third-order valence-corrected chi connectivity index (χ3v) is 2.17. The summed E-state index contributed by atoms with van der Waals surface area (Å²) < 4.78 is 4.76. The molecule has 1 amide bonds. The maximum Gasteiger partial charge on any atom is 0.257 e. The van der Waals surface area contributed by atoms with Gasteiger partial charge >= 0.3 is 0 Å². The van der Waals surface area contributed by atoms with Gasteiger partial charge in [-0.2, -0.15) is 0 Å². The molecule has 0 bridgehead atoms. The Kier molecular flexibility index (Phi) is 3.60. The molecule has 15 heavy (non-hydrogen) atoms. The molecule has 0 aliphatic rings. The summed E-state index contributed by atoms with van der Waals surface area (Å²) in [5.41, 5.74) is 0.366. The third-order valence-electron chi connectivity index (χ3n) is 2.17. The molecule has 0 radical (unpaired) electrons. The number of Topliss-reactive ketones (excluding diaryl/α,β-unsaturated/α-hetero) is 1. The molecule has 1 rings (SSSR count). The molecule has 1 aromatic rings. The Balaban J connectivity index is 2.64. The summed E-state index contributed by atoms with van der Waals surface area (Å²) >= 11 is 0. The Morgan fingerprint density at radius 2 is 2.27 bits per heavy atom. The molecular weight excluding hydrogens is 196 g/mol. The van der Waals surface area contributed by atoms with E-state index in [1.165, 1.54) is 6.20 Å². The summed E-state index contributed by atoms with van der Waals surface area (Å²) in [6, 6.07) is -0.475. The topological polar surface area (TPSA) is 72.2 Å². The second-order valence-corrected chi connectivity index (χ2v) is 3.31. The summed E-state index contributed by atoms with van der Waals surface area (Å²) in [6.07, 6.45) is 1.75. The van der Waals surface area contributed by atoms with Gasteiger partial charge in [0.05, 0.1) is 12.2 Å². The Morgan fingerprint density at radius 1 is 1.60 bits per heavy atom. The molecule has 0 aliphatic heterocycles. The van der Waals surface area contributed by atoms with Gasteiger partial charge in [-0.1, -0.05) is 12.1 Å². The van der Waals surface area contributed by atoms with Crippen molar-refractivity contribution in [3.05, 3.63) is 17.5 Å². The lowest BCUT2D eigenvalue weighted by atomic mass is 10.1. The minimum absolute atomic E-state index is 0.00235. The van der Waals surface area contributed by atoms with Crippen LogP contribution in [-0.4, -0.2) is 22.9 Å². The first kappa shape index (κ1) is 11.4. The summed E-state index contributed by atoms with van der Waals surface area (Å²) in [6.45, 7) is 5.07. The van der Waals surface area contributed by atoms with E-state index in [0.717, 1.165) is 0 Å². The number of carbonyl (C=O) groups is 2. The van der Waals surface area contributed by atoms with Crippen LogP contribution in [0.3, 0.4) is 0 Å². The number of nitrogens with zero attached hydrogens (tertiary/aromatic N) is 1. The van der Waals surface area contributed by atoms with Crippen molar-refractivity contribution in [2.45, 2.75) is 33.2 Å². The molecule has 0 saturated carbocycles. The van der Waals surface area contributed by atoms with Gasteiger partial charge in [0.2, 0.25) is 0 Å². The lowest BCUT2D eigenvalue weighted by Gasteiger charge is -2.10. The molecule has 1 N–H and O–H groups in total. The minimum atomic E-state index is -0.475. The van der Waals surface area contributed by atoms with E-state index in [1.807, 2.05) is 0 Å². The number of hydrogen-bond acceptors (Lipinski definition) is 4. The summed E-state index contributed by atoms with van der Waals surface area (Å²) in [5, 5.41) is 6.08. The molecule has 1 aromatic heterocycles. The van der Waals surface area contributed by atoms with Crippen LogP contribution in [0.1, 0.15) is 36.4 Å². The van der Waals surface area contributed by atoms with E-state index in [-0.39, 0.29) is 11.7 Å². The SMILES string of the molecule is CCC(=O)C(C)NC(=O)c1cnoc1C. The number of aromatic nitrogens is 1. The normalized spacial score (nSPS) is 12.2. The maximum absolute atomic E-state index is 11.6. The number of amides is 1. The number of nitrogens with one attached hydrogen (secondary N) is 1. The van der Waals surface area contributed by atoms with Crippen molar-refractivity contribution < 1.29 is 14.1 Å². The van der Waals surface area contributed by atoms with Gasteiger partial charge in [0.15, 0.2) is 5.78 Å². The quantitative estimate of drug-likeness (QED) is 0.807. The second-order valence-electron chi connectivity index (χ2n) is 3.31. The first-order chi connectivity index (χ1) is 7.06. The molecule has 0 spiro atoms. The summed E-state index contributed by atoms with van der Waals surface area (Å²) in [4.78, 5) is 22.8. The van der Waals surface area contributed by atoms with Crippen LogP contribution >= 0.6 is 0 Å². The van der Waals surface area contributed by atoms with Gasteiger partial charge in [-0.15, -0.1) is 0 Å². The molecule has 0 fully saturated rings. The van der Waals surface area contributed by atoms with Gasteiger partial charge in [-0.3, -0.25) is 9.59 Å². The zero-order chi connectivity index (χ0) is 11.4. The van der Waals surface area contributed by atoms with Crippen LogP contribution < -0.4 is 5.32 Å². The molecule has 0 saturated heterocycles. The highest BCUT2D eigenvalue weighted by Gasteiger charge is 2.18. The molecule has 82 valence electrons. The van der Waals surface area contributed by atoms with E-state index >= 15 is 0 Å². The highest BCUT2D eigenvalue weighted by Crippen LogP contribution is 2.05. The van der Waals surface area contributed by atoms with Crippen LogP contribution in [-0.2, 0) is 4.79 Å². The number of hydrogen-bond donors (Lipinski definition) is 1. The van der Waals surface area contributed by atoms with Crippen molar-refractivity contribution in [3.8, 4) is 0 Å². The lowest BCUT2D eigenvalue weighted by Crippen LogP contribution is -2.38. The maximum atomic E-state index is 11.6. The van der Waals surface area contributed by atoms with Crippen LogP contribution in [0, 0.1) is 6.92 Å². The molecule has 1 unspecified atom stereocenters. The third kappa shape index (κ3) is 2.65. The number of carbonyl (C=O) groups excluding carboxylic acids is 2. The van der Waals surface area contributed by atoms with E-state index in [4.69, 9.17) is 4.52 Å². The standard InChI is InChI=1S/C10H14N2O3/c1-4-9(13)6(2)12-10(14)8-5-11-15-7(8)3/h5-6H,4H2,1-3H3,(H,12,14). The number of ketones is 1. The fourth-order valence-corrected chi connectivity index (χ4v) is 1.18. The van der Waals surface area contributed by atoms with Crippen LogP contribution in [0.5, 0.6) is 0 Å². The summed E-state index contributed by atoms with van der Waals surface area (Å²) in [7, 11) is 0. The van der Waals surface area contributed by atoms with Crippen molar-refractivity contribution in [1.29, 1.82) is 0 Å². The smallest absolute Gasteiger partial charge is 0.257 e. The van der Waals surface area contributed by atoms with Gasteiger partial charge < -0.3 is 9.84 Å². The van der Waals surface area contributed by atoms with Gasteiger partial charge in [0.25, 0.3) is 5.91 Å². The fraction of sp³-hybridized carbons (Fsp3) is 0.500. The van der Waals surface area contributed by atoms with Crippen LogP contribution in [0.15, 0.2) is 10.7 Å². The molecule has 1 atom stereocenters. The molecule has 1 heterocycles. The second kappa shape index (κ2) is 4.72. The van der Waals surface area contributed by atoms with Gasteiger partial charge in [0.1, 0.15) is 11.3 Å². The Bertz CT molecular complexity index is 370. The Hall–Kier alpha value is -1.65. The first-order valence-electron chi connectivity index (χ1n) is 4.81. The molecule has 5 nitrogen and oxygen atoms in total. The lowest BCUT2D eigenvalue weighted by molar-refractivity contribution is -0.120. The average Bonchev–Trinajstić information content (AvgIpc) is 2.63. The van der Waals surface area contributed by atoms with E-state index < -0.39 is 6.04 Å². The van der Waals surface area contributed by atoms with Crippen molar-refractivity contribution >= 4 is 11.7 Å². The van der Waals surface area contributed by atoms with Crippen LogP contribution in [0.2, 0.25) is 0 Å². The number of aryl methyl sites for hydroxylation is 1. The highest BCUT2D eigenvalue weighted by molar-refractivity contribution is 5.98. The largest absolute Gasteiger partial charge is 0.361 e. The predicted octanol–water partition coefficient (Wildman–Crippen LogP) is 1.08. The fourth-order valence-electron chi connectivity index (χ4n) is 1.18. The molecule has 5 heteroatoms. The zero-order valence-electron chi connectivity index (χ0n) is 9.03. The molecular formula is C10H14N2O3. The van der Waals surface area contributed by atoms with Gasteiger partial charge in [-0.25, -0.2) is 0 Å². The first-order valence-corrected chi connectivity index (χ1v) is 4.81. The predicted molar refractivity (Wildman–Crippen MR) is 53.5 cm³/mol. The van der Waals surface area contributed by atoms with Gasteiger partial charge in [-0.05, 0) is 13.8 Å². The van der Waals surface area contributed by atoms with E-state index in [9.17, 15) is 9.59 Å². The minimum Gasteiger partial charge on any atom is -0.361 e. The van der Waals surface area contributed by atoms with Crippen molar-refractivity contribution in [2.75, 3.05) is 0 Å². The van der Waals surface area contributed by atoms with E-state index in [2.05, 4.69) is 10.5 Å². The molecule has 0 aliphatic carbocycles. The van der Waals surface area contributed by atoms with Gasteiger partial charge in [0, 0.05) is 6.42 Å². The number of rotatable bonds is 4. The van der Waals surface area contributed by atoms with E-state index in [1.54, 1.807) is 20.8 Å². The average molecular weight is 210 g/mol. The van der Waals surface area contributed by atoms with Crippen molar-refractivity contribution in [2.24, 2.45) is 0 Å². The monoisotopic (exact) mass is 210 g/mol. The van der Waals surface area contributed by atoms with Crippen molar-refractivity contribution in [3.63, 3.8) is 0 Å². The Morgan fingerprint density at radius 3 is 2.73 bits per heavy atom. The molecule has 0 aromatic carbocycles. The van der Waals surface area contributed by atoms with E-state index in [0.29, 0.717) is 17.7 Å². The Labute approximate surface area is 87.8 Å². The van der Waals surface area contributed by atoms with Crippen LogP contribution in [0.4, 0.5) is 0 Å². The van der Waals surface area contributed by atoms with Crippen LogP contribution in [0.25, 0.3) is 0 Å². The zero-order valence-corrected chi connectivity index (χ0v) is 9.03.